The quantitative estimate of drug-likeness (QED) is 0.782. The molecule has 0 aliphatic carbocycles. The molecule has 0 aliphatic rings. The Kier molecular flexibility index (Phi) is 3.37. The largest absolute Gasteiger partial charge is 0.388 e. The molecule has 0 aromatic heterocycles. The van der Waals surface area contributed by atoms with Crippen molar-refractivity contribution < 1.29 is 0 Å². The van der Waals surface area contributed by atoms with Crippen LogP contribution in [0, 0.1) is 20.8 Å². The van der Waals surface area contributed by atoms with E-state index in [1.165, 1.54) is 27.9 Å². The van der Waals surface area contributed by atoms with Gasteiger partial charge >= 0.3 is 0 Å². The Hall–Kier alpha value is -0.500. The van der Waals surface area contributed by atoms with E-state index in [1.54, 1.807) is 0 Å². The van der Waals surface area contributed by atoms with Crippen molar-refractivity contribution in [3.63, 3.8) is 0 Å². The van der Waals surface area contributed by atoms with Crippen molar-refractivity contribution >= 4 is 21.6 Å². The summed E-state index contributed by atoms with van der Waals surface area (Å²) < 4.78 is 0. The Morgan fingerprint density at radius 3 is 2.31 bits per heavy atom. The van der Waals surface area contributed by atoms with Crippen molar-refractivity contribution in [1.29, 1.82) is 0 Å². The third kappa shape index (κ3) is 1.88. The lowest BCUT2D eigenvalue weighted by Gasteiger charge is -2.14. The fraction of sp³-hybridized carbons (Fsp3) is 0.455. The molecule has 2 heteroatoms. The van der Waals surface area contributed by atoms with Gasteiger partial charge in [-0.3, -0.25) is 0 Å². The van der Waals surface area contributed by atoms with Crippen LogP contribution in [0.2, 0.25) is 0 Å². The molecule has 0 aliphatic heterocycles. The molecule has 0 unspecified atom stereocenters. The second kappa shape index (κ2) is 4.14. The summed E-state index contributed by atoms with van der Waals surface area (Å²) >= 11 is 3.52. The Labute approximate surface area is 88.7 Å². The van der Waals surface area contributed by atoms with E-state index < -0.39 is 0 Å². The summed E-state index contributed by atoms with van der Waals surface area (Å²) in [6.45, 7) is 6.50. The summed E-state index contributed by atoms with van der Waals surface area (Å²) in [5.74, 6) is 0. The lowest BCUT2D eigenvalue weighted by molar-refractivity contribution is 1.20. The van der Waals surface area contributed by atoms with Crippen LogP contribution < -0.4 is 5.32 Å². The van der Waals surface area contributed by atoms with Crippen LogP contribution in [0.25, 0.3) is 0 Å². The first kappa shape index (κ1) is 10.6. The fourth-order valence-corrected chi connectivity index (χ4v) is 2.46. The zero-order chi connectivity index (χ0) is 10.0. The minimum Gasteiger partial charge on any atom is -0.388 e. The molecular weight excluding hydrogens is 226 g/mol. The number of aryl methyl sites for hydroxylation is 1. The minimum atomic E-state index is 0.940. The topological polar surface area (TPSA) is 12.0 Å². The van der Waals surface area contributed by atoms with Gasteiger partial charge in [0.1, 0.15) is 0 Å². The molecule has 0 atom stereocenters. The Balaban J connectivity index is 3.37. The average Bonchev–Trinajstić information content (AvgIpc) is 2.12. The lowest BCUT2D eigenvalue weighted by Crippen LogP contribution is -1.99. The predicted molar refractivity (Wildman–Crippen MR) is 62.8 cm³/mol. The third-order valence-corrected chi connectivity index (χ3v) is 3.22. The van der Waals surface area contributed by atoms with E-state index in [4.69, 9.17) is 0 Å². The maximum Gasteiger partial charge on any atom is 0.0372 e. The van der Waals surface area contributed by atoms with Gasteiger partial charge in [-0.15, -0.1) is 0 Å². The Bertz CT molecular complexity index is 318. The van der Waals surface area contributed by atoms with Crippen LogP contribution in [-0.4, -0.2) is 7.05 Å². The van der Waals surface area contributed by atoms with Gasteiger partial charge in [0.05, 0.1) is 0 Å². The molecule has 0 saturated carbocycles. The zero-order valence-corrected chi connectivity index (χ0v) is 10.2. The molecule has 0 bridgehead atoms. The van der Waals surface area contributed by atoms with E-state index in [-0.39, 0.29) is 0 Å². The van der Waals surface area contributed by atoms with Crippen molar-refractivity contribution in [3.05, 3.63) is 28.3 Å². The van der Waals surface area contributed by atoms with Crippen molar-refractivity contribution in [2.24, 2.45) is 0 Å². The highest BCUT2D eigenvalue weighted by Crippen LogP contribution is 2.26. The SMILES string of the molecule is CNc1cc(C)c(CBr)c(C)c1C. The molecule has 1 aromatic carbocycles. The van der Waals surface area contributed by atoms with Crippen LogP contribution in [-0.2, 0) is 5.33 Å². The summed E-state index contributed by atoms with van der Waals surface area (Å²) in [4.78, 5) is 0. The van der Waals surface area contributed by atoms with E-state index in [9.17, 15) is 0 Å². The number of hydrogen-bond donors (Lipinski definition) is 1. The van der Waals surface area contributed by atoms with E-state index in [1.807, 2.05) is 7.05 Å². The first-order valence-corrected chi connectivity index (χ1v) is 5.57. The molecular formula is C11H16BrN. The number of rotatable bonds is 2. The van der Waals surface area contributed by atoms with Crippen LogP contribution in [0.4, 0.5) is 5.69 Å². The second-order valence-electron chi connectivity index (χ2n) is 3.35. The summed E-state index contributed by atoms with van der Waals surface area (Å²) in [5.41, 5.74) is 6.74. The van der Waals surface area contributed by atoms with E-state index in [0.29, 0.717) is 0 Å². The highest BCUT2D eigenvalue weighted by Gasteiger charge is 2.07. The number of benzene rings is 1. The Morgan fingerprint density at radius 1 is 1.23 bits per heavy atom. The van der Waals surface area contributed by atoms with Gasteiger partial charge in [-0.05, 0) is 49.1 Å². The molecule has 0 fully saturated rings. The number of anilines is 1. The lowest BCUT2D eigenvalue weighted by atomic mass is 9.98. The van der Waals surface area contributed by atoms with Crippen LogP contribution >= 0.6 is 15.9 Å². The maximum absolute atomic E-state index is 3.52. The van der Waals surface area contributed by atoms with Gasteiger partial charge in [0.2, 0.25) is 0 Å². The van der Waals surface area contributed by atoms with Crippen LogP contribution in [0.3, 0.4) is 0 Å². The summed E-state index contributed by atoms with van der Waals surface area (Å²) in [6.07, 6.45) is 0. The van der Waals surface area contributed by atoms with Gasteiger partial charge in [-0.1, -0.05) is 15.9 Å². The third-order valence-electron chi connectivity index (χ3n) is 2.66. The molecule has 0 heterocycles. The smallest absolute Gasteiger partial charge is 0.0372 e. The maximum atomic E-state index is 3.52. The molecule has 0 spiro atoms. The minimum absolute atomic E-state index is 0.940. The van der Waals surface area contributed by atoms with E-state index in [2.05, 4.69) is 48.1 Å². The van der Waals surface area contributed by atoms with Crippen LogP contribution in [0.5, 0.6) is 0 Å². The molecule has 13 heavy (non-hydrogen) atoms. The van der Waals surface area contributed by atoms with Crippen LogP contribution in [0.1, 0.15) is 22.3 Å². The highest BCUT2D eigenvalue weighted by molar-refractivity contribution is 9.08. The highest BCUT2D eigenvalue weighted by atomic mass is 79.9. The van der Waals surface area contributed by atoms with Crippen molar-refractivity contribution in [1.82, 2.24) is 0 Å². The van der Waals surface area contributed by atoms with Crippen LogP contribution in [0.15, 0.2) is 6.07 Å². The van der Waals surface area contributed by atoms with Gasteiger partial charge < -0.3 is 5.32 Å². The number of nitrogens with one attached hydrogen (secondary N) is 1. The summed E-state index contributed by atoms with van der Waals surface area (Å²) in [7, 11) is 1.97. The van der Waals surface area contributed by atoms with Gasteiger partial charge in [0.15, 0.2) is 0 Å². The molecule has 1 nitrogen and oxygen atoms in total. The molecule has 1 aromatic rings. The van der Waals surface area contributed by atoms with Crippen molar-refractivity contribution in [2.75, 3.05) is 12.4 Å². The summed E-state index contributed by atoms with van der Waals surface area (Å²) in [6, 6.07) is 2.21. The average molecular weight is 242 g/mol. The Morgan fingerprint density at radius 2 is 1.85 bits per heavy atom. The van der Waals surface area contributed by atoms with E-state index >= 15 is 0 Å². The first-order chi connectivity index (χ1) is 6.11. The molecule has 72 valence electrons. The normalized spacial score (nSPS) is 10.2. The molecule has 0 saturated heterocycles. The van der Waals surface area contributed by atoms with Gasteiger partial charge in [-0.25, -0.2) is 0 Å². The van der Waals surface area contributed by atoms with Gasteiger partial charge in [-0.2, -0.15) is 0 Å². The zero-order valence-electron chi connectivity index (χ0n) is 8.66. The summed E-state index contributed by atoms with van der Waals surface area (Å²) in [5, 5.41) is 4.15. The van der Waals surface area contributed by atoms with Crippen molar-refractivity contribution in [2.45, 2.75) is 26.1 Å². The second-order valence-corrected chi connectivity index (χ2v) is 3.91. The molecule has 0 amide bonds. The monoisotopic (exact) mass is 241 g/mol. The van der Waals surface area contributed by atoms with Gasteiger partial charge in [0.25, 0.3) is 0 Å². The van der Waals surface area contributed by atoms with Crippen molar-refractivity contribution in [3.8, 4) is 0 Å². The standard InChI is InChI=1S/C11H16BrN/c1-7-5-11(13-4)9(3)8(2)10(7)6-12/h5,13H,6H2,1-4H3. The predicted octanol–water partition coefficient (Wildman–Crippen LogP) is 3.55. The van der Waals surface area contributed by atoms with Gasteiger partial charge in [0, 0.05) is 18.1 Å². The first-order valence-electron chi connectivity index (χ1n) is 4.45. The molecule has 1 rings (SSSR count). The van der Waals surface area contributed by atoms with E-state index in [0.717, 1.165) is 5.33 Å². The molecule has 1 N–H and O–H groups in total. The number of alkyl halides is 1. The number of hydrogen-bond acceptors (Lipinski definition) is 1. The molecule has 0 radical (unpaired) electrons. The fourth-order valence-electron chi connectivity index (χ4n) is 1.60. The number of halogens is 1.